The van der Waals surface area contributed by atoms with Crippen molar-refractivity contribution in [1.29, 1.82) is 0 Å². The maximum atomic E-state index is 13.4. The molecule has 0 bridgehead atoms. The largest absolute Gasteiger partial charge is 0.493 e. The highest BCUT2D eigenvalue weighted by molar-refractivity contribution is 8.01. The summed E-state index contributed by atoms with van der Waals surface area (Å²) in [5.41, 5.74) is -0.324. The molecule has 0 saturated carbocycles. The Bertz CT molecular complexity index is 1370. The summed E-state index contributed by atoms with van der Waals surface area (Å²) in [6.45, 7) is 3.37. The van der Waals surface area contributed by atoms with Crippen LogP contribution in [0, 0.1) is 10.1 Å². The van der Waals surface area contributed by atoms with Gasteiger partial charge in [-0.15, -0.1) is 11.8 Å². The number of hydrogen-bond donors (Lipinski definition) is 2. The maximum absolute atomic E-state index is 13.4. The first kappa shape index (κ1) is 28.7. The van der Waals surface area contributed by atoms with Gasteiger partial charge in [0.15, 0.2) is 11.5 Å². The number of nitro groups is 1. The zero-order valence-electron chi connectivity index (χ0n) is 22.0. The van der Waals surface area contributed by atoms with Crippen LogP contribution in [0.3, 0.4) is 0 Å². The molecule has 40 heavy (non-hydrogen) atoms. The molecule has 2 heterocycles. The van der Waals surface area contributed by atoms with E-state index in [9.17, 15) is 34.4 Å². The van der Waals surface area contributed by atoms with E-state index in [1.807, 2.05) is 6.07 Å². The van der Waals surface area contributed by atoms with Gasteiger partial charge in [0.25, 0.3) is 5.69 Å². The average molecular weight is 574 g/mol. The van der Waals surface area contributed by atoms with Gasteiger partial charge >= 0.3 is 11.9 Å². The summed E-state index contributed by atoms with van der Waals surface area (Å²) in [7, 11) is 2.52. The average Bonchev–Trinajstić information content (AvgIpc) is 3.17. The molecule has 2 amide bonds. The summed E-state index contributed by atoms with van der Waals surface area (Å²) in [6, 6.07) is 8.95. The third-order valence-corrected chi connectivity index (χ3v) is 8.23. The lowest BCUT2D eigenvalue weighted by molar-refractivity contribution is -0.386. The number of ether oxygens (including phenoxy) is 3. The third-order valence-electron chi connectivity index (χ3n) is 6.66. The fourth-order valence-corrected chi connectivity index (χ4v) is 6.43. The minimum absolute atomic E-state index is 0.00535. The summed E-state index contributed by atoms with van der Waals surface area (Å²) < 4.78 is 14.6. The Labute approximate surface area is 232 Å². The quantitative estimate of drug-likeness (QED) is 0.184. The summed E-state index contributed by atoms with van der Waals surface area (Å²) in [4.78, 5) is 63.4. The van der Waals surface area contributed by atoms with Crippen molar-refractivity contribution in [2.75, 3.05) is 14.2 Å². The zero-order chi connectivity index (χ0) is 29.4. The molecular formula is C26H27N3O10S. The van der Waals surface area contributed by atoms with Crippen LogP contribution in [0.5, 0.6) is 11.5 Å². The van der Waals surface area contributed by atoms with Crippen LogP contribution in [0.15, 0.2) is 42.5 Å². The Morgan fingerprint density at radius 1 is 1.15 bits per heavy atom. The molecular weight excluding hydrogens is 546 g/mol. The number of esters is 1. The minimum Gasteiger partial charge on any atom is -0.493 e. The van der Waals surface area contributed by atoms with Gasteiger partial charge in [-0.05, 0) is 25.5 Å². The SMILES string of the molecule is COc1cc(C(OC(=O)[C@@H]2N3C(=O)[C@@H](NC(=O)Cc4ccccc4)[C@H]3SC2(C)C)C(=O)O)c([N+](=O)[O-])cc1OC. The number of methoxy groups -OCH3 is 2. The molecule has 14 heteroatoms. The second-order valence-corrected chi connectivity index (χ2v) is 11.4. The number of benzene rings is 2. The standard InChI is InChI=1S/C26H27N3O10S/c1-26(2)21(28-22(31)19(23(28)40-26)27-18(30)10-13-8-6-5-7-9-13)25(34)39-20(24(32)33)14-11-16(37-3)17(38-4)12-15(14)29(35)36/h5-9,11-12,19-21,23H,10H2,1-4H3,(H,27,30)(H,32,33)/t19-,20?,21+,23-/m1/s1. The smallest absolute Gasteiger partial charge is 0.350 e. The molecule has 2 N–H and O–H groups in total. The highest BCUT2D eigenvalue weighted by Crippen LogP contribution is 2.51. The topological polar surface area (TPSA) is 175 Å². The molecule has 4 atom stereocenters. The number of carbonyl (C=O) groups excluding carboxylic acids is 3. The molecule has 0 aromatic heterocycles. The highest BCUT2D eigenvalue weighted by atomic mass is 32.2. The van der Waals surface area contributed by atoms with Gasteiger partial charge in [0, 0.05) is 4.75 Å². The monoisotopic (exact) mass is 573 g/mol. The number of nitrogens with zero attached hydrogens (tertiary/aromatic N) is 2. The number of thioether (sulfide) groups is 1. The van der Waals surface area contributed by atoms with Gasteiger partial charge in [0.2, 0.25) is 17.9 Å². The first-order valence-corrected chi connectivity index (χ1v) is 12.9. The number of amides is 2. The number of rotatable bonds is 10. The van der Waals surface area contributed by atoms with Gasteiger partial charge in [-0.3, -0.25) is 19.7 Å². The zero-order valence-corrected chi connectivity index (χ0v) is 22.8. The molecule has 212 valence electrons. The number of carboxylic acid groups (broad SMARTS) is 1. The number of hydrogen-bond acceptors (Lipinski definition) is 10. The van der Waals surface area contributed by atoms with Crippen LogP contribution >= 0.6 is 11.8 Å². The van der Waals surface area contributed by atoms with Crippen LogP contribution in [0.1, 0.15) is 31.1 Å². The Hall–Kier alpha value is -4.33. The summed E-state index contributed by atoms with van der Waals surface area (Å²) in [5.74, 6) is -3.62. The van der Waals surface area contributed by atoms with Crippen LogP contribution in [-0.2, 0) is 30.3 Å². The van der Waals surface area contributed by atoms with Gasteiger partial charge < -0.3 is 29.5 Å². The highest BCUT2D eigenvalue weighted by Gasteiger charge is 2.64. The van der Waals surface area contributed by atoms with Crippen LogP contribution in [0.2, 0.25) is 0 Å². The molecule has 2 aliphatic rings. The predicted octanol–water partition coefficient (Wildman–Crippen LogP) is 2.07. The third kappa shape index (κ3) is 5.26. The van der Waals surface area contributed by atoms with Gasteiger partial charge in [0.05, 0.1) is 37.2 Å². The van der Waals surface area contributed by atoms with Gasteiger partial charge in [0.1, 0.15) is 17.5 Å². The van der Waals surface area contributed by atoms with Crippen molar-refractivity contribution in [2.24, 2.45) is 0 Å². The van der Waals surface area contributed by atoms with E-state index in [2.05, 4.69) is 5.32 Å². The number of nitro benzene ring substituents is 1. The molecule has 0 spiro atoms. The molecule has 1 unspecified atom stereocenters. The van der Waals surface area contributed by atoms with E-state index in [4.69, 9.17) is 14.2 Å². The van der Waals surface area contributed by atoms with Crippen molar-refractivity contribution >= 4 is 41.2 Å². The summed E-state index contributed by atoms with van der Waals surface area (Å²) >= 11 is 1.26. The van der Waals surface area contributed by atoms with Crippen LogP contribution in [0.4, 0.5) is 5.69 Å². The van der Waals surface area contributed by atoms with E-state index in [1.165, 1.54) is 30.9 Å². The first-order valence-electron chi connectivity index (χ1n) is 12.1. The Morgan fingerprint density at radius 2 is 1.77 bits per heavy atom. The van der Waals surface area contributed by atoms with E-state index in [0.29, 0.717) is 0 Å². The molecule has 4 rings (SSSR count). The van der Waals surface area contributed by atoms with Crippen molar-refractivity contribution in [1.82, 2.24) is 10.2 Å². The molecule has 2 saturated heterocycles. The van der Waals surface area contributed by atoms with Crippen molar-refractivity contribution in [3.05, 3.63) is 63.7 Å². The lowest BCUT2D eigenvalue weighted by atomic mass is 9.95. The van der Waals surface area contributed by atoms with Crippen LogP contribution < -0.4 is 14.8 Å². The van der Waals surface area contributed by atoms with Crippen molar-refractivity contribution < 1.29 is 43.4 Å². The number of nitrogens with one attached hydrogen (secondary N) is 1. The maximum Gasteiger partial charge on any atom is 0.350 e. The van der Waals surface area contributed by atoms with Gasteiger partial charge in [-0.1, -0.05) is 30.3 Å². The number of carboxylic acids is 1. The summed E-state index contributed by atoms with van der Waals surface area (Å²) in [6.07, 6.45) is -2.01. The second-order valence-electron chi connectivity index (χ2n) is 9.65. The second kappa shape index (κ2) is 11.0. The van der Waals surface area contributed by atoms with E-state index < -0.39 is 62.3 Å². The number of aliphatic carboxylic acids is 1. The van der Waals surface area contributed by atoms with Crippen molar-refractivity contribution in [3.8, 4) is 11.5 Å². The van der Waals surface area contributed by atoms with Gasteiger partial charge in [-0.2, -0.15) is 0 Å². The molecule has 2 fully saturated rings. The van der Waals surface area contributed by atoms with E-state index in [-0.39, 0.29) is 23.8 Å². The van der Waals surface area contributed by atoms with Crippen molar-refractivity contribution in [3.63, 3.8) is 0 Å². The first-order chi connectivity index (χ1) is 18.9. The van der Waals surface area contributed by atoms with E-state index in [0.717, 1.165) is 17.7 Å². The normalized spacial score (nSPS) is 21.4. The predicted molar refractivity (Wildman–Crippen MR) is 141 cm³/mol. The molecule has 2 aromatic carbocycles. The van der Waals surface area contributed by atoms with Gasteiger partial charge in [-0.25, -0.2) is 9.59 Å². The summed E-state index contributed by atoms with van der Waals surface area (Å²) in [5, 5.41) is 23.7. The van der Waals surface area contributed by atoms with E-state index >= 15 is 0 Å². The lowest BCUT2D eigenvalue weighted by Gasteiger charge is -2.44. The molecule has 2 aliphatic heterocycles. The van der Waals surface area contributed by atoms with Crippen LogP contribution in [0.25, 0.3) is 0 Å². The Morgan fingerprint density at radius 3 is 2.35 bits per heavy atom. The number of carbonyl (C=O) groups is 4. The fraction of sp³-hybridized carbons (Fsp3) is 0.385. The molecule has 13 nitrogen and oxygen atoms in total. The minimum atomic E-state index is -2.08. The molecule has 0 radical (unpaired) electrons. The Balaban J connectivity index is 1.55. The Kier molecular flexibility index (Phi) is 7.91. The number of fused-ring (bicyclic) bond motifs is 1. The van der Waals surface area contributed by atoms with Crippen LogP contribution in [-0.4, -0.2) is 75.1 Å². The molecule has 0 aliphatic carbocycles. The number of β-lactam (4-membered cyclic amide) rings is 1. The van der Waals surface area contributed by atoms with E-state index in [1.54, 1.807) is 38.1 Å². The molecule has 2 aromatic rings. The van der Waals surface area contributed by atoms with Crippen molar-refractivity contribution in [2.45, 2.75) is 48.6 Å². The fourth-order valence-electron chi connectivity index (χ4n) is 4.81. The lowest BCUT2D eigenvalue weighted by Crippen LogP contribution is -2.70.